The maximum Gasteiger partial charge on any atom is 0.176 e. The van der Waals surface area contributed by atoms with E-state index in [1.807, 2.05) is 32.2 Å². The zero-order valence-corrected chi connectivity index (χ0v) is 11.6. The highest BCUT2D eigenvalue weighted by Gasteiger charge is 2.10. The van der Waals surface area contributed by atoms with Crippen LogP contribution in [0.3, 0.4) is 0 Å². The fourth-order valence-corrected chi connectivity index (χ4v) is 1.94. The van der Waals surface area contributed by atoms with Crippen molar-refractivity contribution in [1.82, 2.24) is 4.90 Å². The summed E-state index contributed by atoms with van der Waals surface area (Å²) < 4.78 is 0. The highest BCUT2D eigenvalue weighted by atomic mass is 16.1. The third-order valence-electron chi connectivity index (χ3n) is 2.92. The number of rotatable bonds is 5. The topological polar surface area (TPSA) is 20.3 Å². The van der Waals surface area contributed by atoms with Crippen molar-refractivity contribution in [2.24, 2.45) is 5.92 Å². The fourth-order valence-electron chi connectivity index (χ4n) is 1.94. The van der Waals surface area contributed by atoms with Crippen molar-refractivity contribution in [3.63, 3.8) is 0 Å². The van der Waals surface area contributed by atoms with Crippen LogP contribution in [0.2, 0.25) is 0 Å². The van der Waals surface area contributed by atoms with Gasteiger partial charge in [0.1, 0.15) is 0 Å². The Morgan fingerprint density at radius 2 is 1.88 bits per heavy atom. The molecule has 94 valence electrons. The molecule has 17 heavy (non-hydrogen) atoms. The summed E-state index contributed by atoms with van der Waals surface area (Å²) in [5.41, 5.74) is 3.24. The summed E-state index contributed by atoms with van der Waals surface area (Å²) >= 11 is 0. The SMILES string of the molecule is Cc1ccc(C(=O)CN(C)CC(C)C)cc1C. The van der Waals surface area contributed by atoms with Crippen LogP contribution >= 0.6 is 0 Å². The Balaban J connectivity index is 2.66. The molecule has 0 aliphatic carbocycles. The molecule has 0 bridgehead atoms. The summed E-state index contributed by atoms with van der Waals surface area (Å²) in [6.07, 6.45) is 0. The van der Waals surface area contributed by atoms with Gasteiger partial charge in [-0.15, -0.1) is 0 Å². The van der Waals surface area contributed by atoms with Crippen molar-refractivity contribution in [1.29, 1.82) is 0 Å². The Morgan fingerprint density at radius 1 is 1.24 bits per heavy atom. The lowest BCUT2D eigenvalue weighted by atomic mass is 10.0. The first-order chi connectivity index (χ1) is 7.90. The molecule has 0 heterocycles. The van der Waals surface area contributed by atoms with Crippen LogP contribution in [0.5, 0.6) is 0 Å². The molecule has 0 N–H and O–H groups in total. The van der Waals surface area contributed by atoms with Crippen LogP contribution in [-0.4, -0.2) is 30.8 Å². The number of ketones is 1. The van der Waals surface area contributed by atoms with E-state index in [-0.39, 0.29) is 5.78 Å². The quantitative estimate of drug-likeness (QED) is 0.728. The number of likely N-dealkylation sites (N-methyl/N-ethyl adjacent to an activating group) is 1. The minimum Gasteiger partial charge on any atom is -0.299 e. The van der Waals surface area contributed by atoms with Gasteiger partial charge in [0, 0.05) is 12.1 Å². The van der Waals surface area contributed by atoms with E-state index in [0.717, 1.165) is 12.1 Å². The monoisotopic (exact) mass is 233 g/mol. The number of hydrogen-bond donors (Lipinski definition) is 0. The van der Waals surface area contributed by atoms with Crippen molar-refractivity contribution in [3.8, 4) is 0 Å². The highest BCUT2D eigenvalue weighted by Crippen LogP contribution is 2.11. The van der Waals surface area contributed by atoms with E-state index in [9.17, 15) is 4.79 Å². The van der Waals surface area contributed by atoms with Gasteiger partial charge in [0.15, 0.2) is 5.78 Å². The predicted octanol–water partition coefficient (Wildman–Crippen LogP) is 3.07. The van der Waals surface area contributed by atoms with Crippen molar-refractivity contribution in [3.05, 3.63) is 34.9 Å². The van der Waals surface area contributed by atoms with Crippen LogP contribution in [0.25, 0.3) is 0 Å². The summed E-state index contributed by atoms with van der Waals surface area (Å²) in [6, 6.07) is 5.93. The van der Waals surface area contributed by atoms with E-state index in [0.29, 0.717) is 12.5 Å². The first kappa shape index (κ1) is 13.9. The van der Waals surface area contributed by atoms with Gasteiger partial charge < -0.3 is 0 Å². The first-order valence-electron chi connectivity index (χ1n) is 6.19. The zero-order chi connectivity index (χ0) is 13.0. The van der Waals surface area contributed by atoms with Gasteiger partial charge in [0.2, 0.25) is 0 Å². The molecule has 0 amide bonds. The average molecular weight is 233 g/mol. The van der Waals surface area contributed by atoms with Crippen LogP contribution in [-0.2, 0) is 0 Å². The number of benzene rings is 1. The number of carbonyl (C=O) groups excluding carboxylic acids is 1. The van der Waals surface area contributed by atoms with Gasteiger partial charge in [0.25, 0.3) is 0 Å². The van der Waals surface area contributed by atoms with Crippen molar-refractivity contribution < 1.29 is 4.79 Å². The summed E-state index contributed by atoms with van der Waals surface area (Å²) in [5, 5.41) is 0. The molecule has 0 radical (unpaired) electrons. The standard InChI is InChI=1S/C15H23NO/c1-11(2)9-16(5)10-15(17)14-7-6-12(3)13(4)8-14/h6-8,11H,9-10H2,1-5H3. The van der Waals surface area contributed by atoms with Gasteiger partial charge in [-0.1, -0.05) is 26.0 Å². The van der Waals surface area contributed by atoms with Gasteiger partial charge in [-0.3, -0.25) is 9.69 Å². The molecule has 0 saturated heterocycles. The second-order valence-corrected chi connectivity index (χ2v) is 5.31. The molecule has 0 aliphatic rings. The lowest BCUT2D eigenvalue weighted by Gasteiger charge is -2.18. The number of hydrogen-bond acceptors (Lipinski definition) is 2. The maximum absolute atomic E-state index is 12.1. The third kappa shape index (κ3) is 4.31. The maximum atomic E-state index is 12.1. The highest BCUT2D eigenvalue weighted by molar-refractivity contribution is 5.97. The van der Waals surface area contributed by atoms with Crippen molar-refractivity contribution in [2.45, 2.75) is 27.7 Å². The lowest BCUT2D eigenvalue weighted by molar-refractivity contribution is 0.0940. The molecule has 0 unspecified atom stereocenters. The number of nitrogens with zero attached hydrogens (tertiary/aromatic N) is 1. The van der Waals surface area contributed by atoms with Crippen molar-refractivity contribution >= 4 is 5.78 Å². The van der Waals surface area contributed by atoms with Crippen LogP contribution in [0.15, 0.2) is 18.2 Å². The molecule has 1 aromatic carbocycles. The van der Waals surface area contributed by atoms with Crippen molar-refractivity contribution in [2.75, 3.05) is 20.1 Å². The third-order valence-corrected chi connectivity index (χ3v) is 2.92. The Kier molecular flexibility index (Phi) is 4.88. The Bertz CT molecular complexity index is 396. The summed E-state index contributed by atoms with van der Waals surface area (Å²) in [4.78, 5) is 14.1. The van der Waals surface area contributed by atoms with E-state index in [1.165, 1.54) is 11.1 Å². The Hall–Kier alpha value is -1.15. The molecule has 0 aliphatic heterocycles. The predicted molar refractivity (Wildman–Crippen MR) is 72.6 cm³/mol. The van der Waals surface area contributed by atoms with E-state index in [4.69, 9.17) is 0 Å². The summed E-state index contributed by atoms with van der Waals surface area (Å²) in [7, 11) is 2.00. The van der Waals surface area contributed by atoms with E-state index < -0.39 is 0 Å². The van der Waals surface area contributed by atoms with Gasteiger partial charge in [-0.2, -0.15) is 0 Å². The minimum absolute atomic E-state index is 0.205. The van der Waals surface area contributed by atoms with E-state index >= 15 is 0 Å². The Morgan fingerprint density at radius 3 is 2.41 bits per heavy atom. The van der Waals surface area contributed by atoms with Gasteiger partial charge in [-0.25, -0.2) is 0 Å². The smallest absolute Gasteiger partial charge is 0.176 e. The molecule has 0 fully saturated rings. The fraction of sp³-hybridized carbons (Fsp3) is 0.533. The summed E-state index contributed by atoms with van der Waals surface area (Å²) in [5.74, 6) is 0.795. The van der Waals surface area contributed by atoms with E-state index in [2.05, 4.69) is 25.7 Å². The normalized spacial score (nSPS) is 11.2. The summed E-state index contributed by atoms with van der Waals surface area (Å²) in [6.45, 7) is 9.89. The minimum atomic E-state index is 0.205. The second-order valence-electron chi connectivity index (χ2n) is 5.31. The van der Waals surface area contributed by atoms with Gasteiger partial charge in [-0.05, 0) is 44.0 Å². The molecule has 1 rings (SSSR count). The zero-order valence-electron chi connectivity index (χ0n) is 11.6. The average Bonchev–Trinajstić information content (AvgIpc) is 2.20. The molecule has 2 nitrogen and oxygen atoms in total. The molecular formula is C15H23NO. The number of carbonyl (C=O) groups is 1. The lowest BCUT2D eigenvalue weighted by Crippen LogP contribution is -2.29. The number of Topliss-reactive ketones (excluding diaryl/α,β-unsaturated/α-hetero) is 1. The Labute approximate surface area is 105 Å². The first-order valence-corrected chi connectivity index (χ1v) is 6.19. The molecule has 1 aromatic rings. The van der Waals surface area contributed by atoms with Crippen LogP contribution in [0, 0.1) is 19.8 Å². The van der Waals surface area contributed by atoms with Crippen LogP contribution < -0.4 is 0 Å². The molecule has 0 spiro atoms. The molecular weight excluding hydrogens is 210 g/mol. The largest absolute Gasteiger partial charge is 0.299 e. The molecule has 0 saturated carbocycles. The van der Waals surface area contributed by atoms with Gasteiger partial charge in [0.05, 0.1) is 6.54 Å². The second kappa shape index (κ2) is 5.97. The number of aryl methyl sites for hydroxylation is 2. The molecule has 0 atom stereocenters. The van der Waals surface area contributed by atoms with Crippen LogP contribution in [0.4, 0.5) is 0 Å². The molecule has 0 aromatic heterocycles. The van der Waals surface area contributed by atoms with Gasteiger partial charge >= 0.3 is 0 Å². The van der Waals surface area contributed by atoms with Crippen LogP contribution in [0.1, 0.15) is 35.3 Å². The van der Waals surface area contributed by atoms with E-state index in [1.54, 1.807) is 0 Å². The molecule has 2 heteroatoms.